The molecule has 4 nitrogen and oxygen atoms in total. The molecule has 0 radical (unpaired) electrons. The van der Waals surface area contributed by atoms with E-state index in [1.54, 1.807) is 6.34 Å². The van der Waals surface area contributed by atoms with E-state index in [-0.39, 0.29) is 0 Å². The van der Waals surface area contributed by atoms with Crippen LogP contribution < -0.4 is 5.48 Å². The van der Waals surface area contributed by atoms with E-state index in [4.69, 9.17) is 5.21 Å². The maximum Gasteiger partial charge on any atom is 0.0907 e. The number of nitrogens with zero attached hydrogens (tertiary/aromatic N) is 2. The SMILES string of the molecule is C=C(/N=C\N(C)C)c1ccc(Br)cc1CNO. The molecule has 0 fully saturated rings. The third-order valence-electron chi connectivity index (χ3n) is 2.09. The minimum atomic E-state index is 0.352. The first-order valence-corrected chi connectivity index (χ1v) is 5.89. The summed E-state index contributed by atoms with van der Waals surface area (Å²) >= 11 is 3.39. The molecule has 1 rings (SSSR count). The lowest BCUT2D eigenvalue weighted by Crippen LogP contribution is -2.09. The summed E-state index contributed by atoms with van der Waals surface area (Å²) in [7, 11) is 3.79. The monoisotopic (exact) mass is 297 g/mol. The normalized spacial score (nSPS) is 10.8. The number of rotatable bonds is 5. The molecule has 0 aromatic heterocycles. The topological polar surface area (TPSA) is 47.9 Å². The van der Waals surface area contributed by atoms with Gasteiger partial charge in [-0.3, -0.25) is 0 Å². The van der Waals surface area contributed by atoms with Crippen molar-refractivity contribution in [2.75, 3.05) is 14.1 Å². The summed E-state index contributed by atoms with van der Waals surface area (Å²) < 4.78 is 0.955. The minimum absolute atomic E-state index is 0.352. The number of halogens is 1. The second kappa shape index (κ2) is 6.54. The number of hydrogen-bond acceptors (Lipinski definition) is 3. The van der Waals surface area contributed by atoms with Crippen LogP contribution in [0.1, 0.15) is 11.1 Å². The Morgan fingerprint density at radius 1 is 1.59 bits per heavy atom. The molecule has 0 amide bonds. The number of aliphatic imine (C=N–C) groups is 1. The molecule has 0 saturated carbocycles. The van der Waals surface area contributed by atoms with Gasteiger partial charge in [0.05, 0.1) is 12.0 Å². The molecule has 0 aliphatic heterocycles. The van der Waals surface area contributed by atoms with Crippen LogP contribution >= 0.6 is 15.9 Å². The summed E-state index contributed by atoms with van der Waals surface area (Å²) in [6.07, 6.45) is 1.69. The van der Waals surface area contributed by atoms with Crippen LogP contribution in [0.5, 0.6) is 0 Å². The van der Waals surface area contributed by atoms with E-state index in [0.717, 1.165) is 15.6 Å². The van der Waals surface area contributed by atoms with Crippen LogP contribution in [0, 0.1) is 0 Å². The van der Waals surface area contributed by atoms with Crippen molar-refractivity contribution >= 4 is 28.0 Å². The van der Waals surface area contributed by atoms with Gasteiger partial charge < -0.3 is 10.1 Å². The van der Waals surface area contributed by atoms with Crippen LogP contribution in [0.15, 0.2) is 34.2 Å². The molecule has 0 saturated heterocycles. The van der Waals surface area contributed by atoms with Gasteiger partial charge in [0.1, 0.15) is 0 Å². The fourth-order valence-electron chi connectivity index (χ4n) is 1.33. The molecular weight excluding hydrogens is 282 g/mol. The van der Waals surface area contributed by atoms with Gasteiger partial charge in [-0.05, 0) is 17.7 Å². The van der Waals surface area contributed by atoms with Crippen molar-refractivity contribution in [2.45, 2.75) is 6.54 Å². The molecule has 5 heteroatoms. The fraction of sp³-hybridized carbons (Fsp3) is 0.250. The zero-order chi connectivity index (χ0) is 12.8. The lowest BCUT2D eigenvalue weighted by molar-refractivity contribution is 0.161. The molecular formula is C12H16BrN3O. The zero-order valence-electron chi connectivity index (χ0n) is 9.94. The van der Waals surface area contributed by atoms with Crippen molar-refractivity contribution in [1.82, 2.24) is 10.4 Å². The smallest absolute Gasteiger partial charge is 0.0907 e. The van der Waals surface area contributed by atoms with E-state index < -0.39 is 0 Å². The quantitative estimate of drug-likeness (QED) is 0.499. The second-order valence-corrected chi connectivity index (χ2v) is 4.71. The molecule has 2 N–H and O–H groups in total. The van der Waals surface area contributed by atoms with Gasteiger partial charge >= 0.3 is 0 Å². The fourth-order valence-corrected chi connectivity index (χ4v) is 1.74. The summed E-state index contributed by atoms with van der Waals surface area (Å²) in [6.45, 7) is 4.27. The molecule has 0 aliphatic rings. The standard InChI is InChI=1S/C12H16BrN3O/c1-9(14-8-16(2)3)12-5-4-11(13)6-10(12)7-15-17/h4-6,8,15,17H,1,7H2,2-3H3/b14-8-. The Morgan fingerprint density at radius 2 is 2.29 bits per heavy atom. The van der Waals surface area contributed by atoms with Gasteiger partial charge in [0.25, 0.3) is 0 Å². The van der Waals surface area contributed by atoms with Gasteiger partial charge in [-0.1, -0.05) is 28.6 Å². The van der Waals surface area contributed by atoms with Crippen LogP contribution in [-0.2, 0) is 6.54 Å². The molecule has 0 heterocycles. The van der Waals surface area contributed by atoms with E-state index in [0.29, 0.717) is 12.2 Å². The number of hydroxylamine groups is 1. The molecule has 17 heavy (non-hydrogen) atoms. The third kappa shape index (κ3) is 4.30. The zero-order valence-corrected chi connectivity index (χ0v) is 11.5. The highest BCUT2D eigenvalue weighted by molar-refractivity contribution is 9.10. The first-order valence-electron chi connectivity index (χ1n) is 5.10. The van der Waals surface area contributed by atoms with Crippen LogP contribution in [0.4, 0.5) is 0 Å². The number of nitrogens with one attached hydrogen (secondary N) is 1. The van der Waals surface area contributed by atoms with Gasteiger partial charge in [0, 0.05) is 30.7 Å². The Morgan fingerprint density at radius 3 is 2.88 bits per heavy atom. The van der Waals surface area contributed by atoms with E-state index >= 15 is 0 Å². The highest BCUT2D eigenvalue weighted by atomic mass is 79.9. The molecule has 1 aromatic rings. The first-order chi connectivity index (χ1) is 8.04. The highest BCUT2D eigenvalue weighted by Crippen LogP contribution is 2.22. The predicted octanol–water partition coefficient (Wildman–Crippen LogP) is 2.49. The van der Waals surface area contributed by atoms with Crippen LogP contribution in [0.3, 0.4) is 0 Å². The maximum atomic E-state index is 8.79. The molecule has 0 atom stereocenters. The van der Waals surface area contributed by atoms with E-state index in [9.17, 15) is 0 Å². The Hall–Kier alpha value is -1.17. The van der Waals surface area contributed by atoms with Crippen LogP contribution in [0.25, 0.3) is 5.70 Å². The second-order valence-electron chi connectivity index (χ2n) is 3.79. The van der Waals surface area contributed by atoms with Gasteiger partial charge in [-0.15, -0.1) is 0 Å². The Kier molecular flexibility index (Phi) is 5.34. The van der Waals surface area contributed by atoms with Crippen molar-refractivity contribution in [1.29, 1.82) is 0 Å². The van der Waals surface area contributed by atoms with Crippen LogP contribution in [0.2, 0.25) is 0 Å². The molecule has 0 spiro atoms. The molecule has 0 aliphatic carbocycles. The summed E-state index contributed by atoms with van der Waals surface area (Å²) in [5.41, 5.74) is 4.65. The molecule has 92 valence electrons. The van der Waals surface area contributed by atoms with Crippen LogP contribution in [-0.4, -0.2) is 30.5 Å². The lowest BCUT2D eigenvalue weighted by Gasteiger charge is -2.10. The molecule has 0 unspecified atom stereocenters. The van der Waals surface area contributed by atoms with E-state index in [1.807, 2.05) is 37.2 Å². The lowest BCUT2D eigenvalue weighted by atomic mass is 10.1. The first kappa shape index (κ1) is 13.9. The van der Waals surface area contributed by atoms with Crippen molar-refractivity contribution in [2.24, 2.45) is 4.99 Å². The van der Waals surface area contributed by atoms with Crippen molar-refractivity contribution in [3.05, 3.63) is 40.4 Å². The van der Waals surface area contributed by atoms with E-state index in [1.165, 1.54) is 0 Å². The van der Waals surface area contributed by atoms with Gasteiger partial charge in [0.15, 0.2) is 0 Å². The summed E-state index contributed by atoms with van der Waals surface area (Å²) in [6, 6.07) is 5.77. The average molecular weight is 298 g/mol. The van der Waals surface area contributed by atoms with Crippen molar-refractivity contribution in [3.8, 4) is 0 Å². The Balaban J connectivity index is 2.99. The summed E-state index contributed by atoms with van der Waals surface area (Å²) in [5.74, 6) is 0. The Labute approximate surface area is 110 Å². The predicted molar refractivity (Wildman–Crippen MR) is 74.0 cm³/mol. The third-order valence-corrected chi connectivity index (χ3v) is 2.59. The average Bonchev–Trinajstić information content (AvgIpc) is 2.26. The van der Waals surface area contributed by atoms with E-state index in [2.05, 4.69) is 33.0 Å². The summed E-state index contributed by atoms with van der Waals surface area (Å²) in [5, 5.41) is 8.79. The van der Waals surface area contributed by atoms with Gasteiger partial charge in [-0.2, -0.15) is 0 Å². The molecule has 0 bridgehead atoms. The highest BCUT2D eigenvalue weighted by Gasteiger charge is 2.05. The summed E-state index contributed by atoms with van der Waals surface area (Å²) in [4.78, 5) is 6.09. The van der Waals surface area contributed by atoms with Crippen molar-refractivity contribution in [3.63, 3.8) is 0 Å². The van der Waals surface area contributed by atoms with Gasteiger partial charge in [-0.25, -0.2) is 10.5 Å². The van der Waals surface area contributed by atoms with Gasteiger partial charge in [0.2, 0.25) is 0 Å². The largest absolute Gasteiger partial charge is 0.369 e. The number of hydrogen-bond donors (Lipinski definition) is 2. The van der Waals surface area contributed by atoms with Crippen molar-refractivity contribution < 1.29 is 5.21 Å². The number of benzene rings is 1. The maximum absolute atomic E-state index is 8.79. The molecule has 1 aromatic carbocycles. The Bertz CT molecular complexity index is 430. The minimum Gasteiger partial charge on any atom is -0.369 e.